The Hall–Kier alpha value is -1.22. The number of rotatable bonds is 1. The van der Waals surface area contributed by atoms with E-state index in [1.807, 2.05) is 25.1 Å². The van der Waals surface area contributed by atoms with E-state index in [1.165, 1.54) is 0 Å². The van der Waals surface area contributed by atoms with Crippen molar-refractivity contribution in [1.82, 2.24) is 0 Å². The van der Waals surface area contributed by atoms with Crippen molar-refractivity contribution in [1.29, 1.82) is 0 Å². The van der Waals surface area contributed by atoms with Crippen molar-refractivity contribution >= 4 is 28.9 Å². The van der Waals surface area contributed by atoms with Gasteiger partial charge in [0.25, 0.3) is 0 Å². The van der Waals surface area contributed by atoms with Crippen LogP contribution in [0.1, 0.15) is 20.8 Å². The second kappa shape index (κ2) is 3.98. The Kier molecular flexibility index (Phi) is 2.80. The van der Waals surface area contributed by atoms with Gasteiger partial charge in [-0.15, -0.1) is 0 Å². The lowest BCUT2D eigenvalue weighted by molar-refractivity contribution is -0.117. The van der Waals surface area contributed by atoms with Crippen molar-refractivity contribution in [2.45, 2.75) is 32.9 Å². The van der Waals surface area contributed by atoms with E-state index < -0.39 is 0 Å². The number of hydrogen-bond acceptors (Lipinski definition) is 2. The van der Waals surface area contributed by atoms with Crippen LogP contribution in [0.4, 0.5) is 11.4 Å². The van der Waals surface area contributed by atoms with Crippen LogP contribution < -0.4 is 10.2 Å². The monoisotopic (exact) mass is 238 g/mol. The van der Waals surface area contributed by atoms with Crippen LogP contribution in [0.2, 0.25) is 5.02 Å². The van der Waals surface area contributed by atoms with Gasteiger partial charge in [-0.05, 0) is 32.9 Å². The van der Waals surface area contributed by atoms with E-state index in [1.54, 1.807) is 0 Å². The number of para-hydroxylation sites is 1. The van der Waals surface area contributed by atoms with Crippen molar-refractivity contribution < 1.29 is 4.79 Å². The first-order chi connectivity index (χ1) is 7.52. The van der Waals surface area contributed by atoms with Crippen LogP contribution in [-0.4, -0.2) is 18.0 Å². The maximum absolute atomic E-state index is 11.8. The van der Waals surface area contributed by atoms with Gasteiger partial charge in [0.1, 0.15) is 6.04 Å². The molecule has 2 rings (SSSR count). The molecule has 0 radical (unpaired) electrons. The largest absolute Gasteiger partial charge is 0.354 e. The van der Waals surface area contributed by atoms with Crippen molar-refractivity contribution in [2.75, 3.05) is 10.2 Å². The van der Waals surface area contributed by atoms with Crippen LogP contribution in [0, 0.1) is 0 Å². The summed E-state index contributed by atoms with van der Waals surface area (Å²) in [5.41, 5.74) is 1.72. The highest BCUT2D eigenvalue weighted by atomic mass is 35.5. The molecule has 1 unspecified atom stereocenters. The lowest BCUT2D eigenvalue weighted by Crippen LogP contribution is -2.49. The summed E-state index contributed by atoms with van der Waals surface area (Å²) in [6.45, 7) is 6.01. The third-order valence-corrected chi connectivity index (χ3v) is 3.16. The Morgan fingerprint density at radius 3 is 2.75 bits per heavy atom. The van der Waals surface area contributed by atoms with Crippen LogP contribution >= 0.6 is 11.6 Å². The molecule has 1 atom stereocenters. The fraction of sp³-hybridized carbons (Fsp3) is 0.417. The van der Waals surface area contributed by atoms with Gasteiger partial charge in [0.05, 0.1) is 16.4 Å². The van der Waals surface area contributed by atoms with Gasteiger partial charge in [-0.3, -0.25) is 4.79 Å². The summed E-state index contributed by atoms with van der Waals surface area (Å²) in [6.07, 6.45) is 0. The Labute approximate surface area is 100 Å². The highest BCUT2D eigenvalue weighted by molar-refractivity contribution is 6.34. The Balaban J connectivity index is 2.58. The zero-order valence-corrected chi connectivity index (χ0v) is 10.4. The molecule has 0 spiro atoms. The molecule has 0 saturated carbocycles. The van der Waals surface area contributed by atoms with Gasteiger partial charge in [0, 0.05) is 6.04 Å². The highest BCUT2D eigenvalue weighted by Crippen LogP contribution is 2.39. The van der Waals surface area contributed by atoms with Crippen LogP contribution in [0.25, 0.3) is 0 Å². The summed E-state index contributed by atoms with van der Waals surface area (Å²) in [6, 6.07) is 5.61. The third-order valence-electron chi connectivity index (χ3n) is 2.86. The lowest BCUT2D eigenvalue weighted by atomic mass is 10.1. The van der Waals surface area contributed by atoms with E-state index in [4.69, 9.17) is 11.6 Å². The van der Waals surface area contributed by atoms with E-state index in [-0.39, 0.29) is 18.0 Å². The normalized spacial score (nSPS) is 19.7. The number of benzene rings is 1. The maximum atomic E-state index is 11.8. The Morgan fingerprint density at radius 1 is 1.44 bits per heavy atom. The van der Waals surface area contributed by atoms with E-state index in [2.05, 4.69) is 24.1 Å². The zero-order valence-electron chi connectivity index (χ0n) is 9.62. The molecule has 1 N–H and O–H groups in total. The predicted molar refractivity (Wildman–Crippen MR) is 67.2 cm³/mol. The van der Waals surface area contributed by atoms with Crippen LogP contribution in [0.5, 0.6) is 0 Å². The van der Waals surface area contributed by atoms with E-state index in [0.717, 1.165) is 11.4 Å². The summed E-state index contributed by atoms with van der Waals surface area (Å²) < 4.78 is 0. The molecule has 1 aliphatic rings. The maximum Gasteiger partial charge on any atom is 0.246 e. The molecule has 0 saturated heterocycles. The minimum atomic E-state index is -0.188. The molecule has 16 heavy (non-hydrogen) atoms. The number of fused-ring (bicyclic) bond motifs is 1. The summed E-state index contributed by atoms with van der Waals surface area (Å²) in [7, 11) is 0. The van der Waals surface area contributed by atoms with Crippen molar-refractivity contribution in [3.05, 3.63) is 23.2 Å². The smallest absolute Gasteiger partial charge is 0.246 e. The number of carbonyl (C=O) groups is 1. The Bertz CT molecular complexity index is 431. The van der Waals surface area contributed by atoms with Gasteiger partial charge in [-0.1, -0.05) is 17.7 Å². The standard InChI is InChI=1S/C12H15ClN2O/c1-7(2)15-8(3)12(16)14-10-6-4-5-9(13)11(10)15/h4-8H,1-3H3,(H,14,16). The highest BCUT2D eigenvalue weighted by Gasteiger charge is 2.32. The second-order valence-corrected chi connectivity index (χ2v) is 4.71. The molecule has 1 amide bonds. The molecule has 4 heteroatoms. The number of anilines is 2. The molecule has 3 nitrogen and oxygen atoms in total. The molecule has 1 aliphatic heterocycles. The average molecular weight is 239 g/mol. The third kappa shape index (κ3) is 1.65. The van der Waals surface area contributed by atoms with Crippen molar-refractivity contribution in [3.8, 4) is 0 Å². The van der Waals surface area contributed by atoms with Gasteiger partial charge in [0.15, 0.2) is 0 Å². The number of amides is 1. The first-order valence-electron chi connectivity index (χ1n) is 5.40. The van der Waals surface area contributed by atoms with E-state index in [0.29, 0.717) is 5.02 Å². The second-order valence-electron chi connectivity index (χ2n) is 4.30. The summed E-state index contributed by atoms with van der Waals surface area (Å²) in [4.78, 5) is 13.8. The summed E-state index contributed by atoms with van der Waals surface area (Å²) in [5.74, 6) is 0.0171. The number of halogens is 1. The van der Waals surface area contributed by atoms with Gasteiger partial charge in [-0.25, -0.2) is 0 Å². The average Bonchev–Trinajstić information content (AvgIpc) is 2.20. The van der Waals surface area contributed by atoms with Gasteiger partial charge < -0.3 is 10.2 Å². The molecule has 0 bridgehead atoms. The predicted octanol–water partition coefficient (Wildman–Crippen LogP) is 2.90. The fourth-order valence-corrected chi connectivity index (χ4v) is 2.41. The minimum Gasteiger partial charge on any atom is -0.354 e. The SMILES string of the molecule is CC(C)N1c2c(Cl)cccc2NC(=O)C1C. The van der Waals surface area contributed by atoms with Gasteiger partial charge >= 0.3 is 0 Å². The van der Waals surface area contributed by atoms with Crippen LogP contribution in [0.3, 0.4) is 0 Å². The zero-order chi connectivity index (χ0) is 11.9. The van der Waals surface area contributed by atoms with Gasteiger partial charge in [0.2, 0.25) is 5.91 Å². The quantitative estimate of drug-likeness (QED) is 0.816. The molecule has 86 valence electrons. The number of hydrogen-bond donors (Lipinski definition) is 1. The van der Waals surface area contributed by atoms with Crippen molar-refractivity contribution in [2.24, 2.45) is 0 Å². The minimum absolute atomic E-state index is 0.0171. The number of nitrogens with zero attached hydrogens (tertiary/aromatic N) is 1. The molecule has 0 fully saturated rings. The molecule has 1 heterocycles. The molecule has 0 aliphatic carbocycles. The first kappa shape index (κ1) is 11.3. The summed E-state index contributed by atoms with van der Waals surface area (Å²) in [5, 5.41) is 3.55. The topological polar surface area (TPSA) is 32.3 Å². The molecule has 0 aromatic heterocycles. The molecular formula is C12H15ClN2O. The lowest BCUT2D eigenvalue weighted by Gasteiger charge is -2.39. The van der Waals surface area contributed by atoms with E-state index in [9.17, 15) is 4.79 Å². The molecular weight excluding hydrogens is 224 g/mol. The first-order valence-corrected chi connectivity index (χ1v) is 5.78. The number of carbonyl (C=O) groups excluding carboxylic acids is 1. The van der Waals surface area contributed by atoms with Gasteiger partial charge in [-0.2, -0.15) is 0 Å². The Morgan fingerprint density at radius 2 is 2.12 bits per heavy atom. The molecule has 1 aromatic carbocycles. The molecule has 1 aromatic rings. The van der Waals surface area contributed by atoms with Crippen LogP contribution in [-0.2, 0) is 4.79 Å². The van der Waals surface area contributed by atoms with Crippen molar-refractivity contribution in [3.63, 3.8) is 0 Å². The van der Waals surface area contributed by atoms with Crippen LogP contribution in [0.15, 0.2) is 18.2 Å². The number of nitrogens with one attached hydrogen (secondary N) is 1. The van der Waals surface area contributed by atoms with E-state index >= 15 is 0 Å². The summed E-state index contributed by atoms with van der Waals surface area (Å²) >= 11 is 6.20. The fourth-order valence-electron chi connectivity index (χ4n) is 2.14.